The van der Waals surface area contributed by atoms with E-state index >= 15 is 0 Å². The number of thiazole rings is 1. The number of carbonyl (C=O) groups excluding carboxylic acids is 1. The highest BCUT2D eigenvalue weighted by Crippen LogP contribution is 2.28. The summed E-state index contributed by atoms with van der Waals surface area (Å²) in [5.41, 5.74) is 0.501. The summed E-state index contributed by atoms with van der Waals surface area (Å²) in [6.07, 6.45) is 1.56. The Kier molecular flexibility index (Phi) is 3.26. The van der Waals surface area contributed by atoms with E-state index in [2.05, 4.69) is 9.72 Å². The Hall–Kier alpha value is -1.75. The number of hydrogen-bond donors (Lipinski definition) is 0. The Morgan fingerprint density at radius 3 is 3.00 bits per heavy atom. The lowest BCUT2D eigenvalue weighted by molar-refractivity contribution is 0.266. The first-order valence-electron chi connectivity index (χ1n) is 4.50. The minimum Gasteiger partial charge on any atom is -0.450 e. The van der Waals surface area contributed by atoms with Gasteiger partial charge in [-0.15, -0.1) is 11.3 Å². The third-order valence-corrected chi connectivity index (χ3v) is 2.95. The Morgan fingerprint density at radius 2 is 2.25 bits per heavy atom. The molecule has 1 aromatic carbocycles. The van der Waals surface area contributed by atoms with Gasteiger partial charge in [-0.3, -0.25) is 0 Å². The van der Waals surface area contributed by atoms with Crippen LogP contribution in [-0.2, 0) is 16.1 Å². The third-order valence-electron chi connectivity index (χ3n) is 1.95. The van der Waals surface area contributed by atoms with Gasteiger partial charge in [-0.05, 0) is 6.07 Å². The van der Waals surface area contributed by atoms with Crippen molar-refractivity contribution in [1.29, 1.82) is 0 Å². The average molecular weight is 236 g/mol. The van der Waals surface area contributed by atoms with Crippen LogP contribution < -0.4 is 0 Å². The summed E-state index contributed by atoms with van der Waals surface area (Å²) in [5.74, 6) is -0.291. The number of benzene rings is 1. The van der Waals surface area contributed by atoms with E-state index in [4.69, 9.17) is 0 Å². The molecule has 1 heterocycles. The molecule has 1 radical (unpaired) electrons. The zero-order chi connectivity index (χ0) is 11.4. The maximum absolute atomic E-state index is 13.4. The number of hydrogen-bond acceptors (Lipinski definition) is 4. The summed E-state index contributed by atoms with van der Waals surface area (Å²) in [5, 5.41) is 0.613. The molecule has 0 saturated carbocycles. The lowest BCUT2D eigenvalue weighted by atomic mass is 10.2. The van der Waals surface area contributed by atoms with Crippen LogP contribution in [0.25, 0.3) is 10.4 Å². The second kappa shape index (κ2) is 4.85. The Balaban J connectivity index is 2.25. The molecule has 5 heteroatoms. The average Bonchev–Trinajstić information content (AvgIpc) is 2.75. The number of halogens is 1. The van der Waals surface area contributed by atoms with E-state index in [9.17, 15) is 9.18 Å². The van der Waals surface area contributed by atoms with E-state index in [1.54, 1.807) is 24.4 Å². The molecule has 0 fully saturated rings. The molecule has 0 unspecified atom stereocenters. The first-order chi connectivity index (χ1) is 7.81. The highest BCUT2D eigenvalue weighted by Gasteiger charge is 2.08. The molecular weight excluding hydrogens is 229 g/mol. The normalized spacial score (nSPS) is 10.1. The van der Waals surface area contributed by atoms with E-state index in [-0.39, 0.29) is 12.4 Å². The highest BCUT2D eigenvalue weighted by molar-refractivity contribution is 7.15. The smallest absolute Gasteiger partial charge is 0.417 e. The Labute approximate surface area is 95.5 Å². The first kappa shape index (κ1) is 10.8. The van der Waals surface area contributed by atoms with Crippen LogP contribution in [0.5, 0.6) is 0 Å². The summed E-state index contributed by atoms with van der Waals surface area (Å²) in [6.45, 7) is 1.39. The van der Waals surface area contributed by atoms with Gasteiger partial charge >= 0.3 is 6.47 Å². The molecular formula is C11H7FNO2S. The maximum Gasteiger partial charge on any atom is 0.417 e. The predicted octanol–water partition coefficient (Wildman–Crippen LogP) is 2.53. The van der Waals surface area contributed by atoms with Crippen molar-refractivity contribution in [1.82, 2.24) is 4.98 Å². The lowest BCUT2D eigenvalue weighted by Gasteiger charge is -1.97. The van der Waals surface area contributed by atoms with Gasteiger partial charge in [0.2, 0.25) is 0 Å². The van der Waals surface area contributed by atoms with Gasteiger partial charge in [0.25, 0.3) is 0 Å². The van der Waals surface area contributed by atoms with E-state index in [1.165, 1.54) is 23.9 Å². The van der Waals surface area contributed by atoms with Crippen molar-refractivity contribution < 1.29 is 13.9 Å². The third kappa shape index (κ3) is 2.25. The summed E-state index contributed by atoms with van der Waals surface area (Å²) in [4.78, 5) is 14.6. The van der Waals surface area contributed by atoms with Crippen molar-refractivity contribution in [2.45, 2.75) is 6.61 Å². The zero-order valence-corrected chi connectivity index (χ0v) is 8.96. The van der Waals surface area contributed by atoms with Crippen molar-refractivity contribution in [3.05, 3.63) is 41.3 Å². The molecule has 0 N–H and O–H groups in total. The van der Waals surface area contributed by atoms with Crippen LogP contribution >= 0.6 is 11.3 Å². The largest absolute Gasteiger partial charge is 0.450 e. The molecule has 3 nitrogen and oxygen atoms in total. The summed E-state index contributed by atoms with van der Waals surface area (Å²) in [7, 11) is 0. The highest BCUT2D eigenvalue weighted by atomic mass is 32.1. The molecule has 0 bridgehead atoms. The first-order valence-corrected chi connectivity index (χ1v) is 5.31. The van der Waals surface area contributed by atoms with Gasteiger partial charge in [0.1, 0.15) is 17.4 Å². The maximum atomic E-state index is 13.4. The fourth-order valence-corrected chi connectivity index (χ4v) is 2.11. The molecule has 1 aromatic heterocycles. The van der Waals surface area contributed by atoms with Gasteiger partial charge in [-0.1, -0.05) is 18.2 Å². The van der Waals surface area contributed by atoms with E-state index in [0.717, 1.165) is 0 Å². The summed E-state index contributed by atoms with van der Waals surface area (Å²) in [6, 6.07) is 6.46. The Morgan fingerprint density at radius 1 is 1.44 bits per heavy atom. The number of aromatic nitrogens is 1. The Bertz CT molecular complexity index is 498. The minimum atomic E-state index is -0.291. The lowest BCUT2D eigenvalue weighted by Crippen LogP contribution is -1.87. The van der Waals surface area contributed by atoms with Crippen LogP contribution in [-0.4, -0.2) is 11.5 Å². The van der Waals surface area contributed by atoms with Crippen molar-refractivity contribution in [3.8, 4) is 10.4 Å². The van der Waals surface area contributed by atoms with Gasteiger partial charge in [0, 0.05) is 11.8 Å². The van der Waals surface area contributed by atoms with Gasteiger partial charge in [-0.25, -0.2) is 14.2 Å². The van der Waals surface area contributed by atoms with Crippen molar-refractivity contribution in [3.63, 3.8) is 0 Å². The van der Waals surface area contributed by atoms with Gasteiger partial charge in [0.05, 0.1) is 4.88 Å². The van der Waals surface area contributed by atoms with Crippen molar-refractivity contribution in [2.24, 2.45) is 0 Å². The zero-order valence-electron chi connectivity index (χ0n) is 8.14. The van der Waals surface area contributed by atoms with Gasteiger partial charge in [-0.2, -0.15) is 0 Å². The summed E-state index contributed by atoms with van der Waals surface area (Å²) < 4.78 is 17.9. The van der Waals surface area contributed by atoms with Crippen LogP contribution in [0.4, 0.5) is 4.39 Å². The van der Waals surface area contributed by atoms with Crippen LogP contribution in [0.1, 0.15) is 5.01 Å². The number of ether oxygens (including phenoxy) is 1. The quantitative estimate of drug-likeness (QED) is 0.818. The number of rotatable bonds is 4. The molecule has 0 saturated heterocycles. The van der Waals surface area contributed by atoms with E-state index in [0.29, 0.717) is 15.4 Å². The van der Waals surface area contributed by atoms with Gasteiger partial charge < -0.3 is 4.74 Å². The van der Waals surface area contributed by atoms with Crippen LogP contribution in [0.15, 0.2) is 30.5 Å². The molecule has 0 aliphatic heterocycles. The second-order valence-corrected chi connectivity index (χ2v) is 4.09. The van der Waals surface area contributed by atoms with E-state index in [1.807, 2.05) is 0 Å². The standard InChI is InChI=1S/C11H7FNO2S/c12-9-4-2-1-3-8(9)10-5-13-11(16-10)6-15-7-14/h1-5H,6H2. The fourth-order valence-electron chi connectivity index (χ4n) is 1.25. The SMILES string of the molecule is O=[C]OCc1ncc(-c2ccccc2F)s1. The molecule has 0 spiro atoms. The molecule has 2 aromatic rings. The van der Waals surface area contributed by atoms with E-state index < -0.39 is 0 Å². The predicted molar refractivity (Wildman–Crippen MR) is 58.0 cm³/mol. The van der Waals surface area contributed by atoms with Gasteiger partial charge in [0.15, 0.2) is 0 Å². The molecule has 81 valence electrons. The van der Waals surface area contributed by atoms with Crippen LogP contribution in [0, 0.1) is 5.82 Å². The van der Waals surface area contributed by atoms with Crippen LogP contribution in [0.3, 0.4) is 0 Å². The summed E-state index contributed by atoms with van der Waals surface area (Å²) >= 11 is 1.29. The molecule has 0 atom stereocenters. The monoisotopic (exact) mass is 236 g/mol. The van der Waals surface area contributed by atoms with Crippen molar-refractivity contribution in [2.75, 3.05) is 0 Å². The molecule has 0 amide bonds. The molecule has 16 heavy (non-hydrogen) atoms. The molecule has 2 rings (SSSR count). The van der Waals surface area contributed by atoms with Crippen LogP contribution in [0.2, 0.25) is 0 Å². The molecule has 0 aliphatic carbocycles. The van der Waals surface area contributed by atoms with Crippen molar-refractivity contribution >= 4 is 17.8 Å². The number of nitrogens with zero attached hydrogens (tertiary/aromatic N) is 1. The fraction of sp³-hybridized carbons (Fsp3) is 0.0909. The topological polar surface area (TPSA) is 39.2 Å². The molecule has 0 aliphatic rings. The second-order valence-electron chi connectivity index (χ2n) is 2.97. The minimum absolute atomic E-state index is 0.0720.